The van der Waals surface area contributed by atoms with Crippen molar-refractivity contribution in [2.45, 2.75) is 0 Å². The molecule has 0 aliphatic heterocycles. The van der Waals surface area contributed by atoms with Crippen molar-refractivity contribution in [3.05, 3.63) is 60.8 Å². The van der Waals surface area contributed by atoms with Crippen molar-refractivity contribution in [1.82, 2.24) is 4.57 Å². The number of para-hydroxylation sites is 1. The van der Waals surface area contributed by atoms with Gasteiger partial charge in [-0.3, -0.25) is 4.79 Å². The van der Waals surface area contributed by atoms with Gasteiger partial charge in [-0.05, 0) is 30.3 Å². The van der Waals surface area contributed by atoms with E-state index in [1.807, 2.05) is 42.6 Å². The molecule has 2 aromatic carbocycles. The summed E-state index contributed by atoms with van der Waals surface area (Å²) < 4.78 is 2.10. The number of nitrogens with one attached hydrogen (secondary N) is 1. The fourth-order valence-electron chi connectivity index (χ4n) is 2.10. The average molecular weight is 236 g/mol. The Morgan fingerprint density at radius 3 is 2.61 bits per heavy atom. The van der Waals surface area contributed by atoms with Crippen molar-refractivity contribution in [2.24, 2.45) is 0 Å². The lowest BCUT2D eigenvalue weighted by Crippen LogP contribution is -1.95. The Balaban J connectivity index is 2.18. The minimum Gasteiger partial charge on any atom is -0.329 e. The van der Waals surface area contributed by atoms with Crippen molar-refractivity contribution in [3.63, 3.8) is 0 Å². The van der Waals surface area contributed by atoms with Crippen LogP contribution in [0.5, 0.6) is 0 Å². The summed E-state index contributed by atoms with van der Waals surface area (Å²) in [6.45, 7) is 0. The monoisotopic (exact) mass is 236 g/mol. The van der Waals surface area contributed by atoms with Crippen LogP contribution in [-0.4, -0.2) is 11.0 Å². The Kier molecular flexibility index (Phi) is 2.57. The standard InChI is InChI=1S/C15H12N2O/c18-11-16-13-7-6-12-8-9-17(15(12)10-13)14-4-2-1-3-5-14/h1-11H,(H,16,18). The number of nitrogens with zero attached hydrogens (tertiary/aromatic N) is 1. The van der Waals surface area contributed by atoms with E-state index in [1.165, 1.54) is 0 Å². The molecule has 88 valence electrons. The molecule has 3 nitrogen and oxygen atoms in total. The number of carbonyl (C=O) groups is 1. The molecule has 3 rings (SSSR count). The topological polar surface area (TPSA) is 34.0 Å². The molecule has 0 saturated carbocycles. The van der Waals surface area contributed by atoms with E-state index in [4.69, 9.17) is 0 Å². The molecule has 0 aliphatic rings. The van der Waals surface area contributed by atoms with E-state index in [2.05, 4.69) is 28.1 Å². The van der Waals surface area contributed by atoms with Gasteiger partial charge in [-0.25, -0.2) is 0 Å². The second-order valence-electron chi connectivity index (χ2n) is 4.06. The molecule has 18 heavy (non-hydrogen) atoms. The van der Waals surface area contributed by atoms with Crippen LogP contribution >= 0.6 is 0 Å². The SMILES string of the molecule is O=CNc1ccc2ccn(-c3ccccc3)c2c1. The first-order valence-electron chi connectivity index (χ1n) is 5.75. The maximum absolute atomic E-state index is 10.5. The zero-order valence-electron chi connectivity index (χ0n) is 9.71. The fraction of sp³-hybridized carbons (Fsp3) is 0. The van der Waals surface area contributed by atoms with E-state index < -0.39 is 0 Å². The minimum atomic E-state index is 0.691. The van der Waals surface area contributed by atoms with Crippen LogP contribution in [-0.2, 0) is 4.79 Å². The molecule has 3 aromatic rings. The molecule has 0 aliphatic carbocycles. The quantitative estimate of drug-likeness (QED) is 0.696. The molecule has 0 atom stereocenters. The molecule has 1 amide bonds. The molecule has 0 radical (unpaired) electrons. The second-order valence-corrected chi connectivity index (χ2v) is 4.06. The maximum Gasteiger partial charge on any atom is 0.211 e. The third kappa shape index (κ3) is 1.76. The van der Waals surface area contributed by atoms with Crippen LogP contribution in [0.4, 0.5) is 5.69 Å². The summed E-state index contributed by atoms with van der Waals surface area (Å²) in [7, 11) is 0. The number of rotatable bonds is 3. The summed E-state index contributed by atoms with van der Waals surface area (Å²) in [4.78, 5) is 10.5. The van der Waals surface area contributed by atoms with Gasteiger partial charge in [0.1, 0.15) is 0 Å². The lowest BCUT2D eigenvalue weighted by molar-refractivity contribution is -0.105. The Hall–Kier alpha value is -2.55. The Labute approximate surface area is 105 Å². The van der Waals surface area contributed by atoms with Crippen molar-refractivity contribution in [2.75, 3.05) is 5.32 Å². The Morgan fingerprint density at radius 2 is 1.83 bits per heavy atom. The lowest BCUT2D eigenvalue weighted by Gasteiger charge is -2.06. The zero-order chi connectivity index (χ0) is 12.4. The van der Waals surface area contributed by atoms with Crippen LogP contribution in [0.3, 0.4) is 0 Å². The number of amides is 1. The van der Waals surface area contributed by atoms with Crippen molar-refractivity contribution in [1.29, 1.82) is 0 Å². The Bertz CT molecular complexity index is 686. The number of anilines is 1. The number of aromatic nitrogens is 1. The van der Waals surface area contributed by atoms with Gasteiger partial charge in [-0.2, -0.15) is 0 Å². The molecule has 0 fully saturated rings. The van der Waals surface area contributed by atoms with Crippen LogP contribution in [0.25, 0.3) is 16.6 Å². The van der Waals surface area contributed by atoms with Crippen LogP contribution in [0, 0.1) is 0 Å². The van der Waals surface area contributed by atoms with Crippen molar-refractivity contribution in [3.8, 4) is 5.69 Å². The van der Waals surface area contributed by atoms with Crippen LogP contribution in [0.1, 0.15) is 0 Å². The van der Waals surface area contributed by atoms with Crippen LogP contribution in [0.15, 0.2) is 60.8 Å². The van der Waals surface area contributed by atoms with Gasteiger partial charge in [0.15, 0.2) is 0 Å². The van der Waals surface area contributed by atoms with Crippen molar-refractivity contribution < 1.29 is 4.79 Å². The average Bonchev–Trinajstić information content (AvgIpc) is 2.83. The van der Waals surface area contributed by atoms with E-state index in [0.29, 0.717) is 6.41 Å². The van der Waals surface area contributed by atoms with Gasteiger partial charge in [0.25, 0.3) is 0 Å². The maximum atomic E-state index is 10.5. The summed E-state index contributed by atoms with van der Waals surface area (Å²) >= 11 is 0. The van der Waals surface area contributed by atoms with Crippen LogP contribution < -0.4 is 5.32 Å². The summed E-state index contributed by atoms with van der Waals surface area (Å²) in [6.07, 6.45) is 2.72. The number of carbonyl (C=O) groups excluding carboxylic acids is 1. The first-order chi connectivity index (χ1) is 8.88. The molecule has 3 heteroatoms. The van der Waals surface area contributed by atoms with Gasteiger partial charge in [0.05, 0.1) is 5.52 Å². The molecular weight excluding hydrogens is 224 g/mol. The molecule has 1 heterocycles. The normalized spacial score (nSPS) is 10.4. The molecule has 1 N–H and O–H groups in total. The first kappa shape index (κ1) is 10.6. The predicted molar refractivity (Wildman–Crippen MR) is 73.0 cm³/mol. The van der Waals surface area contributed by atoms with E-state index in [9.17, 15) is 4.79 Å². The van der Waals surface area contributed by atoms with Gasteiger partial charge in [0, 0.05) is 23.0 Å². The highest BCUT2D eigenvalue weighted by Crippen LogP contribution is 2.23. The summed E-state index contributed by atoms with van der Waals surface area (Å²) in [6, 6.07) is 18.0. The highest BCUT2D eigenvalue weighted by atomic mass is 16.1. The zero-order valence-corrected chi connectivity index (χ0v) is 9.71. The summed E-state index contributed by atoms with van der Waals surface area (Å²) in [5.41, 5.74) is 2.98. The van der Waals surface area contributed by atoms with Crippen molar-refractivity contribution >= 4 is 23.0 Å². The number of benzene rings is 2. The Morgan fingerprint density at radius 1 is 1.00 bits per heavy atom. The van der Waals surface area contributed by atoms with Gasteiger partial charge < -0.3 is 9.88 Å². The van der Waals surface area contributed by atoms with Gasteiger partial charge >= 0.3 is 0 Å². The van der Waals surface area contributed by atoms with E-state index in [-0.39, 0.29) is 0 Å². The third-order valence-electron chi connectivity index (χ3n) is 2.95. The van der Waals surface area contributed by atoms with Crippen LogP contribution in [0.2, 0.25) is 0 Å². The smallest absolute Gasteiger partial charge is 0.211 e. The van der Waals surface area contributed by atoms with E-state index in [1.54, 1.807) is 0 Å². The van der Waals surface area contributed by atoms with E-state index in [0.717, 1.165) is 22.3 Å². The highest BCUT2D eigenvalue weighted by Gasteiger charge is 2.03. The van der Waals surface area contributed by atoms with Gasteiger partial charge in [0.2, 0.25) is 6.41 Å². The molecule has 0 bridgehead atoms. The largest absolute Gasteiger partial charge is 0.329 e. The second kappa shape index (κ2) is 4.37. The van der Waals surface area contributed by atoms with E-state index >= 15 is 0 Å². The molecule has 0 saturated heterocycles. The first-order valence-corrected chi connectivity index (χ1v) is 5.75. The lowest BCUT2D eigenvalue weighted by atomic mass is 10.2. The molecule has 0 unspecified atom stereocenters. The number of hydrogen-bond donors (Lipinski definition) is 1. The van der Waals surface area contributed by atoms with Gasteiger partial charge in [-0.15, -0.1) is 0 Å². The summed E-state index contributed by atoms with van der Waals surface area (Å²) in [5, 5.41) is 3.82. The molecule has 0 spiro atoms. The molecular formula is C15H12N2O. The third-order valence-corrected chi connectivity index (χ3v) is 2.95. The fourth-order valence-corrected chi connectivity index (χ4v) is 2.10. The minimum absolute atomic E-state index is 0.691. The summed E-state index contributed by atoms with van der Waals surface area (Å²) in [5.74, 6) is 0. The van der Waals surface area contributed by atoms with Gasteiger partial charge in [-0.1, -0.05) is 24.3 Å². The number of hydrogen-bond acceptors (Lipinski definition) is 1. The highest BCUT2D eigenvalue weighted by molar-refractivity contribution is 5.87. The predicted octanol–water partition coefficient (Wildman–Crippen LogP) is 3.20. The molecule has 1 aromatic heterocycles. The number of fused-ring (bicyclic) bond motifs is 1.